The largest absolute Gasteiger partial charge is 0.309 e. The minimum absolute atomic E-state index is 0.141. The number of fused-ring (bicyclic) bond motifs is 9. The Balaban J connectivity index is 0.738. The first-order valence-corrected chi connectivity index (χ1v) is 23.3. The molecule has 0 bridgehead atoms. The third-order valence-electron chi connectivity index (χ3n) is 14.3. The van der Waals surface area contributed by atoms with Crippen LogP contribution in [0.1, 0.15) is 36.1 Å². The lowest BCUT2D eigenvalue weighted by Gasteiger charge is -2.22. The van der Waals surface area contributed by atoms with Gasteiger partial charge in [0.15, 0.2) is 0 Å². The molecular formula is C65H46N2. The Labute approximate surface area is 391 Å². The maximum atomic E-state index is 2.44. The third kappa shape index (κ3) is 6.40. The Morgan fingerprint density at radius 2 is 0.642 bits per heavy atom. The van der Waals surface area contributed by atoms with E-state index in [-0.39, 0.29) is 5.41 Å². The van der Waals surface area contributed by atoms with Gasteiger partial charge in [0.1, 0.15) is 0 Å². The van der Waals surface area contributed by atoms with E-state index in [0.29, 0.717) is 0 Å². The highest BCUT2D eigenvalue weighted by Gasteiger charge is 2.36. The molecule has 0 saturated heterocycles. The van der Waals surface area contributed by atoms with Crippen molar-refractivity contribution in [1.82, 2.24) is 9.13 Å². The first-order valence-electron chi connectivity index (χ1n) is 23.3. The SMILES string of the molecule is CC1(C)c2cc(-c3ccc(/C=C/c4ccc(-c5ccc6c(c5)c5ccccc5n6-c5ccccc5)cc4)cc3)ccc2-c2ccc(-c3ccc4c(c3)c3ccccc3n4-c3ccccc3)cc21. The minimum atomic E-state index is -0.141. The topological polar surface area (TPSA) is 9.86 Å². The number of rotatable bonds is 7. The molecule has 2 aromatic heterocycles. The summed E-state index contributed by atoms with van der Waals surface area (Å²) >= 11 is 0. The molecule has 2 nitrogen and oxygen atoms in total. The maximum Gasteiger partial charge on any atom is 0.0541 e. The molecule has 0 amide bonds. The summed E-state index contributed by atoms with van der Waals surface area (Å²) in [6, 6.07) is 84.6. The van der Waals surface area contributed by atoms with E-state index >= 15 is 0 Å². The Bertz CT molecular complexity index is 3900. The number of para-hydroxylation sites is 4. The van der Waals surface area contributed by atoms with Crippen LogP contribution in [0.3, 0.4) is 0 Å². The van der Waals surface area contributed by atoms with Crippen molar-refractivity contribution in [3.63, 3.8) is 0 Å². The molecule has 13 rings (SSSR count). The first kappa shape index (κ1) is 39.0. The molecule has 10 aromatic carbocycles. The summed E-state index contributed by atoms with van der Waals surface area (Å²) in [6.07, 6.45) is 4.42. The van der Waals surface area contributed by atoms with Gasteiger partial charge in [-0.2, -0.15) is 0 Å². The predicted octanol–water partition coefficient (Wildman–Crippen LogP) is 17.4. The fraction of sp³-hybridized carbons (Fsp3) is 0.0462. The van der Waals surface area contributed by atoms with Crippen LogP contribution in [-0.2, 0) is 5.41 Å². The van der Waals surface area contributed by atoms with Crippen molar-refractivity contribution in [2.45, 2.75) is 19.3 Å². The van der Waals surface area contributed by atoms with Gasteiger partial charge in [0.2, 0.25) is 0 Å². The Morgan fingerprint density at radius 3 is 1.10 bits per heavy atom. The van der Waals surface area contributed by atoms with Gasteiger partial charge < -0.3 is 9.13 Å². The van der Waals surface area contributed by atoms with E-state index in [9.17, 15) is 0 Å². The average Bonchev–Trinajstić information content (AvgIpc) is 3.98. The third-order valence-corrected chi connectivity index (χ3v) is 14.3. The molecular weight excluding hydrogens is 809 g/mol. The lowest BCUT2D eigenvalue weighted by Crippen LogP contribution is -2.15. The van der Waals surface area contributed by atoms with Crippen LogP contribution < -0.4 is 0 Å². The van der Waals surface area contributed by atoms with E-state index in [1.807, 2.05) is 0 Å². The number of hydrogen-bond acceptors (Lipinski definition) is 0. The van der Waals surface area contributed by atoms with E-state index in [2.05, 4.69) is 266 Å². The number of benzene rings is 10. The monoisotopic (exact) mass is 854 g/mol. The first-order chi connectivity index (χ1) is 33.0. The molecule has 12 aromatic rings. The molecule has 1 aliphatic rings. The van der Waals surface area contributed by atoms with Crippen LogP contribution in [0.4, 0.5) is 0 Å². The van der Waals surface area contributed by atoms with E-state index in [0.717, 1.165) is 0 Å². The summed E-state index contributed by atoms with van der Waals surface area (Å²) in [4.78, 5) is 0. The van der Waals surface area contributed by atoms with Crippen LogP contribution in [0.2, 0.25) is 0 Å². The summed E-state index contributed by atoms with van der Waals surface area (Å²) in [5.74, 6) is 0. The van der Waals surface area contributed by atoms with Crippen molar-refractivity contribution in [3.05, 3.63) is 253 Å². The average molecular weight is 855 g/mol. The van der Waals surface area contributed by atoms with E-state index < -0.39 is 0 Å². The highest BCUT2D eigenvalue weighted by molar-refractivity contribution is 6.11. The molecule has 2 heterocycles. The van der Waals surface area contributed by atoms with E-state index in [4.69, 9.17) is 0 Å². The van der Waals surface area contributed by atoms with Crippen LogP contribution in [0.15, 0.2) is 231 Å². The van der Waals surface area contributed by atoms with Gasteiger partial charge in [-0.1, -0.05) is 184 Å². The minimum Gasteiger partial charge on any atom is -0.309 e. The second-order valence-electron chi connectivity index (χ2n) is 18.6. The quantitative estimate of drug-likeness (QED) is 0.141. The molecule has 0 fully saturated rings. The zero-order chi connectivity index (χ0) is 44.6. The van der Waals surface area contributed by atoms with Gasteiger partial charge in [-0.15, -0.1) is 0 Å². The highest BCUT2D eigenvalue weighted by atomic mass is 15.0. The molecule has 2 heteroatoms. The van der Waals surface area contributed by atoms with Gasteiger partial charge in [0, 0.05) is 38.3 Å². The maximum absolute atomic E-state index is 2.44. The van der Waals surface area contributed by atoms with Gasteiger partial charge in [-0.25, -0.2) is 0 Å². The molecule has 0 N–H and O–H groups in total. The summed E-state index contributed by atoms with van der Waals surface area (Å²) in [5, 5.41) is 5.08. The van der Waals surface area contributed by atoms with Crippen molar-refractivity contribution in [3.8, 4) is 55.9 Å². The van der Waals surface area contributed by atoms with Gasteiger partial charge in [0.25, 0.3) is 0 Å². The van der Waals surface area contributed by atoms with Crippen molar-refractivity contribution < 1.29 is 0 Å². The number of nitrogens with zero attached hydrogens (tertiary/aromatic N) is 2. The molecule has 0 radical (unpaired) electrons. The number of hydrogen-bond donors (Lipinski definition) is 0. The standard InChI is InChI=1S/C65H46N2/c1-65(2)59-41-49(31-35-53(59)54-36-32-50(42-60(54)65)48-34-38-64-58(40-48)56-18-10-12-20-62(56)67(64)52-15-7-4-8-16-52)46-29-25-44(26-30-46)22-21-43-23-27-45(28-24-43)47-33-37-63-57(39-47)55-17-9-11-19-61(55)66(63)51-13-5-3-6-14-51/h3-42H,1-2H3/b22-21+. The van der Waals surface area contributed by atoms with E-state index in [1.165, 1.54) is 122 Å². The van der Waals surface area contributed by atoms with Crippen LogP contribution >= 0.6 is 0 Å². The van der Waals surface area contributed by atoms with Crippen molar-refractivity contribution >= 4 is 55.8 Å². The second-order valence-corrected chi connectivity index (χ2v) is 18.6. The Kier molecular flexibility index (Phi) is 8.91. The molecule has 0 unspecified atom stereocenters. The molecule has 316 valence electrons. The molecule has 0 spiro atoms. The van der Waals surface area contributed by atoms with Gasteiger partial charge in [-0.05, 0) is 140 Å². The molecule has 0 saturated carbocycles. The summed E-state index contributed by atoms with van der Waals surface area (Å²) in [7, 11) is 0. The van der Waals surface area contributed by atoms with Crippen molar-refractivity contribution in [2.75, 3.05) is 0 Å². The van der Waals surface area contributed by atoms with Crippen LogP contribution in [-0.4, -0.2) is 9.13 Å². The smallest absolute Gasteiger partial charge is 0.0541 e. The van der Waals surface area contributed by atoms with Crippen LogP contribution in [0, 0.1) is 0 Å². The zero-order valence-electron chi connectivity index (χ0n) is 37.5. The van der Waals surface area contributed by atoms with Gasteiger partial charge in [-0.3, -0.25) is 0 Å². The zero-order valence-corrected chi connectivity index (χ0v) is 37.5. The number of aromatic nitrogens is 2. The lowest BCUT2D eigenvalue weighted by molar-refractivity contribution is 0.661. The summed E-state index contributed by atoms with van der Waals surface area (Å²) in [6.45, 7) is 4.76. The Morgan fingerprint density at radius 1 is 0.299 bits per heavy atom. The van der Waals surface area contributed by atoms with Crippen LogP contribution in [0.25, 0.3) is 112 Å². The van der Waals surface area contributed by atoms with E-state index in [1.54, 1.807) is 0 Å². The van der Waals surface area contributed by atoms with Crippen molar-refractivity contribution in [1.29, 1.82) is 0 Å². The molecule has 67 heavy (non-hydrogen) atoms. The fourth-order valence-electron chi connectivity index (χ4n) is 10.9. The normalized spacial score (nSPS) is 13.0. The van der Waals surface area contributed by atoms with Gasteiger partial charge in [0.05, 0.1) is 22.1 Å². The highest BCUT2D eigenvalue weighted by Crippen LogP contribution is 2.51. The Hall–Kier alpha value is -8.46. The predicted molar refractivity (Wildman–Crippen MR) is 284 cm³/mol. The summed E-state index contributed by atoms with van der Waals surface area (Å²) < 4.78 is 4.75. The molecule has 0 atom stereocenters. The molecule has 0 aliphatic heterocycles. The lowest BCUT2D eigenvalue weighted by atomic mass is 9.81. The second kappa shape index (κ2) is 15.3. The van der Waals surface area contributed by atoms with Gasteiger partial charge >= 0.3 is 0 Å². The fourth-order valence-corrected chi connectivity index (χ4v) is 10.9. The van der Waals surface area contributed by atoms with Crippen molar-refractivity contribution in [2.24, 2.45) is 0 Å². The summed E-state index contributed by atoms with van der Waals surface area (Å²) in [5.41, 5.74) is 22.3. The van der Waals surface area contributed by atoms with Crippen LogP contribution in [0.5, 0.6) is 0 Å². The molecule has 1 aliphatic carbocycles.